The number of benzene rings is 1. The van der Waals surface area contributed by atoms with Gasteiger partial charge in [-0.3, -0.25) is 0 Å². The topological polar surface area (TPSA) is 66.5 Å². The molecular formula is C14H20ClNO2. The third kappa shape index (κ3) is 1.91. The molecule has 0 aliphatic heterocycles. The van der Waals surface area contributed by atoms with Crippen LogP contribution in [0.5, 0.6) is 5.75 Å². The number of fused-ring (bicyclic) bond motifs is 3. The van der Waals surface area contributed by atoms with Gasteiger partial charge in [0.15, 0.2) is 0 Å². The van der Waals surface area contributed by atoms with Crippen LogP contribution in [-0.2, 0) is 12.8 Å². The van der Waals surface area contributed by atoms with E-state index in [-0.39, 0.29) is 19.0 Å². The number of rotatable bonds is 1. The molecule has 4 heteroatoms. The highest BCUT2D eigenvalue weighted by Gasteiger charge is 2.48. The molecule has 100 valence electrons. The Hall–Kier alpha value is -0.770. The molecule has 1 saturated carbocycles. The molecule has 3 nitrogen and oxygen atoms in total. The number of hydrogen-bond acceptors (Lipinski definition) is 3. The number of nitrogens with two attached hydrogens (primary N) is 1. The van der Waals surface area contributed by atoms with Crippen molar-refractivity contribution in [1.82, 2.24) is 0 Å². The fourth-order valence-electron chi connectivity index (χ4n) is 3.65. The summed E-state index contributed by atoms with van der Waals surface area (Å²) in [6.07, 6.45) is 4.03. The quantitative estimate of drug-likeness (QED) is 0.726. The molecular weight excluding hydrogens is 250 g/mol. The minimum atomic E-state index is -0.422. The van der Waals surface area contributed by atoms with E-state index in [0.717, 1.165) is 25.7 Å². The Bertz CT molecular complexity index is 451. The molecule has 0 heterocycles. The van der Waals surface area contributed by atoms with E-state index in [1.165, 1.54) is 11.1 Å². The second-order valence-electron chi connectivity index (χ2n) is 5.60. The zero-order valence-corrected chi connectivity index (χ0v) is 11.1. The normalized spacial score (nSPS) is 33.4. The minimum Gasteiger partial charge on any atom is -0.508 e. The molecule has 1 aromatic carbocycles. The number of phenols is 1. The zero-order valence-electron chi connectivity index (χ0n) is 10.3. The Morgan fingerprint density at radius 1 is 1.17 bits per heavy atom. The molecule has 3 rings (SSSR count). The third-order valence-electron chi connectivity index (χ3n) is 4.78. The fourth-order valence-corrected chi connectivity index (χ4v) is 3.65. The lowest BCUT2D eigenvalue weighted by Gasteiger charge is -2.33. The van der Waals surface area contributed by atoms with Crippen molar-refractivity contribution in [2.75, 3.05) is 6.61 Å². The van der Waals surface area contributed by atoms with Gasteiger partial charge in [0.25, 0.3) is 0 Å². The highest BCUT2D eigenvalue weighted by molar-refractivity contribution is 5.85. The van der Waals surface area contributed by atoms with Crippen LogP contribution in [0.2, 0.25) is 0 Å². The van der Waals surface area contributed by atoms with E-state index in [2.05, 4.69) is 0 Å². The number of aromatic hydroxyl groups is 1. The first-order valence-corrected chi connectivity index (χ1v) is 6.34. The van der Waals surface area contributed by atoms with Gasteiger partial charge in [0.05, 0.1) is 6.61 Å². The monoisotopic (exact) mass is 269 g/mol. The van der Waals surface area contributed by atoms with Crippen molar-refractivity contribution >= 4 is 12.4 Å². The van der Waals surface area contributed by atoms with Crippen LogP contribution in [0.4, 0.5) is 0 Å². The highest BCUT2D eigenvalue weighted by Crippen LogP contribution is 2.45. The van der Waals surface area contributed by atoms with Crippen molar-refractivity contribution < 1.29 is 10.2 Å². The number of halogens is 1. The lowest BCUT2D eigenvalue weighted by molar-refractivity contribution is 0.127. The lowest BCUT2D eigenvalue weighted by atomic mass is 9.80. The maximum Gasteiger partial charge on any atom is 0.115 e. The molecule has 0 saturated heterocycles. The van der Waals surface area contributed by atoms with Crippen LogP contribution in [0, 0.1) is 11.8 Å². The van der Waals surface area contributed by atoms with Crippen molar-refractivity contribution in [2.24, 2.45) is 17.6 Å². The summed E-state index contributed by atoms with van der Waals surface area (Å²) < 4.78 is 0. The van der Waals surface area contributed by atoms with Crippen LogP contribution in [-0.4, -0.2) is 22.4 Å². The Balaban J connectivity index is 0.00000120. The molecule has 2 aliphatic rings. The second-order valence-corrected chi connectivity index (χ2v) is 5.60. The zero-order chi connectivity index (χ0) is 12.0. The van der Waals surface area contributed by atoms with Crippen LogP contribution >= 0.6 is 12.4 Å². The van der Waals surface area contributed by atoms with E-state index in [0.29, 0.717) is 17.6 Å². The predicted octanol–water partition coefficient (Wildman–Crippen LogP) is 1.63. The molecule has 0 aromatic heterocycles. The predicted molar refractivity (Wildman–Crippen MR) is 73.0 cm³/mol. The lowest BCUT2D eigenvalue weighted by Crippen LogP contribution is -2.52. The van der Waals surface area contributed by atoms with E-state index >= 15 is 0 Å². The van der Waals surface area contributed by atoms with Gasteiger partial charge < -0.3 is 15.9 Å². The smallest absolute Gasteiger partial charge is 0.115 e. The largest absolute Gasteiger partial charge is 0.508 e. The van der Waals surface area contributed by atoms with Crippen molar-refractivity contribution in [2.45, 2.75) is 31.2 Å². The van der Waals surface area contributed by atoms with E-state index in [9.17, 15) is 10.2 Å². The summed E-state index contributed by atoms with van der Waals surface area (Å²) in [6.45, 7) is 0.0717. The Morgan fingerprint density at radius 2 is 1.78 bits per heavy atom. The van der Waals surface area contributed by atoms with E-state index in [4.69, 9.17) is 5.73 Å². The van der Waals surface area contributed by atoms with Crippen molar-refractivity contribution in [3.05, 3.63) is 29.3 Å². The Kier molecular flexibility index (Phi) is 3.58. The molecule has 1 aromatic rings. The van der Waals surface area contributed by atoms with Crippen LogP contribution in [0.3, 0.4) is 0 Å². The van der Waals surface area contributed by atoms with Gasteiger partial charge in [0.1, 0.15) is 5.75 Å². The molecule has 1 fully saturated rings. The van der Waals surface area contributed by atoms with Gasteiger partial charge in [0, 0.05) is 5.54 Å². The van der Waals surface area contributed by atoms with Gasteiger partial charge in [-0.05, 0) is 60.8 Å². The van der Waals surface area contributed by atoms with Crippen LogP contribution in [0.1, 0.15) is 24.0 Å². The highest BCUT2D eigenvalue weighted by atomic mass is 35.5. The Morgan fingerprint density at radius 3 is 2.39 bits per heavy atom. The standard InChI is InChI=1S/C14H19NO2.ClH/c15-14(8-16)11-2-3-12(14)6-10-7-13(17)4-1-9(10)5-11;/h1,4,7,11-12,16-17H,2-3,5-6,8,15H2;1H. The summed E-state index contributed by atoms with van der Waals surface area (Å²) in [5, 5.41) is 19.2. The summed E-state index contributed by atoms with van der Waals surface area (Å²) >= 11 is 0. The molecule has 3 unspecified atom stereocenters. The van der Waals surface area contributed by atoms with Gasteiger partial charge in [-0.2, -0.15) is 0 Å². The number of hydrogen-bond donors (Lipinski definition) is 3. The molecule has 0 radical (unpaired) electrons. The van der Waals surface area contributed by atoms with E-state index in [1.54, 1.807) is 6.07 Å². The van der Waals surface area contributed by atoms with E-state index < -0.39 is 5.54 Å². The molecule has 2 aliphatic carbocycles. The molecule has 2 bridgehead atoms. The van der Waals surface area contributed by atoms with Gasteiger partial charge in [-0.25, -0.2) is 0 Å². The number of aliphatic hydroxyl groups is 1. The number of aliphatic hydroxyl groups excluding tert-OH is 1. The van der Waals surface area contributed by atoms with Gasteiger partial charge in [-0.15, -0.1) is 12.4 Å². The van der Waals surface area contributed by atoms with Crippen LogP contribution < -0.4 is 5.73 Å². The van der Waals surface area contributed by atoms with Crippen LogP contribution in [0.15, 0.2) is 18.2 Å². The van der Waals surface area contributed by atoms with Crippen molar-refractivity contribution in [3.63, 3.8) is 0 Å². The van der Waals surface area contributed by atoms with Crippen LogP contribution in [0.25, 0.3) is 0 Å². The SMILES string of the molecule is Cl.NC1(CO)C2CCC1Cc1cc(O)ccc1C2. The third-order valence-corrected chi connectivity index (χ3v) is 4.78. The van der Waals surface area contributed by atoms with E-state index in [1.807, 2.05) is 12.1 Å². The van der Waals surface area contributed by atoms with Gasteiger partial charge in [0.2, 0.25) is 0 Å². The minimum absolute atomic E-state index is 0. The first kappa shape index (κ1) is 13.7. The molecule has 18 heavy (non-hydrogen) atoms. The first-order chi connectivity index (χ1) is 8.13. The average Bonchev–Trinajstić information content (AvgIpc) is 2.53. The number of phenolic OH excluding ortho intramolecular Hbond substituents is 1. The molecule has 0 spiro atoms. The maximum absolute atomic E-state index is 9.62. The summed E-state index contributed by atoms with van der Waals surface area (Å²) in [6, 6.07) is 5.60. The summed E-state index contributed by atoms with van der Waals surface area (Å²) in [5.41, 5.74) is 8.49. The first-order valence-electron chi connectivity index (χ1n) is 6.34. The summed E-state index contributed by atoms with van der Waals surface area (Å²) in [7, 11) is 0. The molecule has 4 N–H and O–H groups in total. The second kappa shape index (κ2) is 4.72. The Labute approximate surface area is 113 Å². The summed E-state index contributed by atoms with van der Waals surface area (Å²) in [4.78, 5) is 0. The molecule has 0 amide bonds. The van der Waals surface area contributed by atoms with Crippen molar-refractivity contribution in [3.8, 4) is 5.75 Å². The average molecular weight is 270 g/mol. The maximum atomic E-state index is 9.62. The van der Waals surface area contributed by atoms with Crippen molar-refractivity contribution in [1.29, 1.82) is 0 Å². The van der Waals surface area contributed by atoms with Gasteiger partial charge >= 0.3 is 0 Å². The summed E-state index contributed by atoms with van der Waals surface area (Å²) in [5.74, 6) is 1.05. The molecule has 3 atom stereocenters. The fraction of sp³-hybridized carbons (Fsp3) is 0.571. The van der Waals surface area contributed by atoms with Gasteiger partial charge in [-0.1, -0.05) is 6.07 Å².